The zero-order chi connectivity index (χ0) is 9.26. The number of nitrogens with two attached hydrogens (primary N) is 1. The molecule has 1 aliphatic heterocycles. The van der Waals surface area contributed by atoms with Crippen molar-refractivity contribution >= 4 is 5.91 Å². The van der Waals surface area contributed by atoms with E-state index in [9.17, 15) is 4.79 Å². The van der Waals surface area contributed by atoms with Crippen LogP contribution in [0, 0.1) is 5.92 Å². The summed E-state index contributed by atoms with van der Waals surface area (Å²) >= 11 is 0. The molecule has 70 valence electrons. The number of rotatable bonds is 3. The highest BCUT2D eigenvalue weighted by atomic mass is 16.1. The molecule has 0 radical (unpaired) electrons. The van der Waals surface area contributed by atoms with Crippen LogP contribution in [0.25, 0.3) is 0 Å². The maximum Gasteiger partial charge on any atom is 0.219 e. The summed E-state index contributed by atoms with van der Waals surface area (Å²) in [5.74, 6) is 0.392. The van der Waals surface area contributed by atoms with Crippen LogP contribution in [0.4, 0.5) is 0 Å². The molecule has 0 bridgehead atoms. The van der Waals surface area contributed by atoms with E-state index in [1.165, 1.54) is 12.1 Å². The number of hydrogen-bond acceptors (Lipinski definition) is 2. The fourth-order valence-electron chi connectivity index (χ4n) is 2.00. The Hall–Kier alpha value is -1.25. The summed E-state index contributed by atoms with van der Waals surface area (Å²) in [7, 11) is 0. The lowest BCUT2D eigenvalue weighted by molar-refractivity contribution is -0.118. The van der Waals surface area contributed by atoms with E-state index in [1.807, 2.05) is 0 Å². The van der Waals surface area contributed by atoms with Gasteiger partial charge in [0.05, 0.1) is 0 Å². The maximum atomic E-state index is 10.6. The van der Waals surface area contributed by atoms with Gasteiger partial charge in [0.2, 0.25) is 5.91 Å². The Kier molecular flexibility index (Phi) is 2.08. The molecular formula is C10H14N2O. The number of allylic oxidation sites excluding steroid dienone is 3. The van der Waals surface area contributed by atoms with E-state index in [-0.39, 0.29) is 5.91 Å². The predicted molar refractivity (Wildman–Crippen MR) is 50.7 cm³/mol. The maximum absolute atomic E-state index is 10.6. The molecule has 0 aromatic rings. The number of likely N-dealkylation sites (tertiary alicyclic amines) is 1. The van der Waals surface area contributed by atoms with Crippen molar-refractivity contribution in [2.45, 2.75) is 12.8 Å². The lowest BCUT2D eigenvalue weighted by atomic mass is 10.1. The minimum absolute atomic E-state index is 0.213. The summed E-state index contributed by atoms with van der Waals surface area (Å²) in [6.45, 7) is 1.84. The van der Waals surface area contributed by atoms with E-state index in [4.69, 9.17) is 5.73 Å². The first kappa shape index (κ1) is 8.35. The van der Waals surface area contributed by atoms with Gasteiger partial charge in [0.1, 0.15) is 0 Å². The average molecular weight is 178 g/mol. The Morgan fingerprint density at radius 1 is 1.69 bits per heavy atom. The lowest BCUT2D eigenvalue weighted by Crippen LogP contribution is -2.24. The number of amides is 1. The fourth-order valence-corrected chi connectivity index (χ4v) is 2.00. The number of nitrogens with zero attached hydrogens (tertiary/aromatic N) is 1. The molecule has 1 atom stereocenters. The second kappa shape index (κ2) is 3.24. The highest BCUT2D eigenvalue weighted by molar-refractivity contribution is 5.73. The third-order valence-corrected chi connectivity index (χ3v) is 2.69. The monoisotopic (exact) mass is 178 g/mol. The smallest absolute Gasteiger partial charge is 0.219 e. The van der Waals surface area contributed by atoms with Crippen molar-refractivity contribution in [3.8, 4) is 0 Å². The summed E-state index contributed by atoms with van der Waals surface area (Å²) in [6, 6.07) is 0. The van der Waals surface area contributed by atoms with Crippen molar-refractivity contribution in [3.05, 3.63) is 23.9 Å². The quantitative estimate of drug-likeness (QED) is 0.689. The Balaban J connectivity index is 1.91. The molecule has 0 aromatic carbocycles. The van der Waals surface area contributed by atoms with Crippen LogP contribution in [0.15, 0.2) is 23.9 Å². The van der Waals surface area contributed by atoms with Crippen molar-refractivity contribution in [1.82, 2.24) is 4.90 Å². The molecule has 2 N–H and O–H groups in total. The number of primary amides is 1. The van der Waals surface area contributed by atoms with Gasteiger partial charge in [-0.1, -0.05) is 12.2 Å². The molecule has 1 fully saturated rings. The van der Waals surface area contributed by atoms with Crippen molar-refractivity contribution in [2.24, 2.45) is 11.7 Å². The van der Waals surface area contributed by atoms with Gasteiger partial charge >= 0.3 is 0 Å². The van der Waals surface area contributed by atoms with Crippen LogP contribution in [-0.2, 0) is 4.79 Å². The van der Waals surface area contributed by atoms with Crippen LogP contribution in [0.1, 0.15) is 12.8 Å². The molecule has 1 aliphatic carbocycles. The summed E-state index contributed by atoms with van der Waals surface area (Å²) in [4.78, 5) is 12.9. The second-order valence-corrected chi connectivity index (χ2v) is 3.57. The number of hydrogen-bond donors (Lipinski definition) is 1. The zero-order valence-electron chi connectivity index (χ0n) is 7.57. The van der Waals surface area contributed by atoms with E-state index in [0.29, 0.717) is 12.3 Å². The molecule has 1 saturated heterocycles. The van der Waals surface area contributed by atoms with E-state index >= 15 is 0 Å². The van der Waals surface area contributed by atoms with Gasteiger partial charge in [-0.25, -0.2) is 0 Å². The highest BCUT2D eigenvalue weighted by Gasteiger charge is 2.27. The third-order valence-electron chi connectivity index (χ3n) is 2.69. The van der Waals surface area contributed by atoms with Crippen LogP contribution in [0.3, 0.4) is 0 Å². The van der Waals surface area contributed by atoms with Crippen molar-refractivity contribution in [1.29, 1.82) is 0 Å². The normalized spacial score (nSPS) is 24.8. The van der Waals surface area contributed by atoms with Crippen LogP contribution in [0.2, 0.25) is 0 Å². The number of carbonyl (C=O) groups is 1. The van der Waals surface area contributed by atoms with Gasteiger partial charge in [-0.15, -0.1) is 0 Å². The van der Waals surface area contributed by atoms with Crippen LogP contribution < -0.4 is 5.73 Å². The van der Waals surface area contributed by atoms with Crippen molar-refractivity contribution in [2.75, 3.05) is 13.1 Å². The molecule has 0 saturated carbocycles. The molecule has 1 heterocycles. The van der Waals surface area contributed by atoms with Gasteiger partial charge in [-0.2, -0.15) is 0 Å². The van der Waals surface area contributed by atoms with E-state index in [0.717, 1.165) is 13.1 Å². The average Bonchev–Trinajstić information content (AvgIpc) is 2.60. The second-order valence-electron chi connectivity index (χ2n) is 3.57. The Morgan fingerprint density at radius 2 is 2.54 bits per heavy atom. The molecule has 3 heteroatoms. The summed E-state index contributed by atoms with van der Waals surface area (Å²) in [5, 5.41) is 0. The van der Waals surface area contributed by atoms with E-state index < -0.39 is 0 Å². The van der Waals surface area contributed by atoms with Crippen molar-refractivity contribution in [3.63, 3.8) is 0 Å². The van der Waals surface area contributed by atoms with Gasteiger partial charge in [-0.3, -0.25) is 4.79 Å². The minimum atomic E-state index is -0.213. The molecule has 13 heavy (non-hydrogen) atoms. The first-order valence-electron chi connectivity index (χ1n) is 4.69. The van der Waals surface area contributed by atoms with Crippen LogP contribution in [0.5, 0.6) is 0 Å². The standard InChI is InChI=1S/C10H14N2O/c11-10(13)5-7-12-6-4-8-2-1-3-9(8)12/h1-3,8H,4-7H2,(H2,11,13). The molecule has 0 spiro atoms. The molecule has 2 aliphatic rings. The molecular weight excluding hydrogens is 164 g/mol. The minimum Gasteiger partial charge on any atom is -0.374 e. The predicted octanol–water partition coefficient (Wildman–Crippen LogP) is 0.637. The summed E-state index contributed by atoms with van der Waals surface area (Å²) in [5.41, 5.74) is 6.47. The molecule has 3 nitrogen and oxygen atoms in total. The summed E-state index contributed by atoms with van der Waals surface area (Å²) < 4.78 is 0. The summed E-state index contributed by atoms with van der Waals surface area (Å²) in [6.07, 6.45) is 8.10. The first-order valence-corrected chi connectivity index (χ1v) is 4.69. The SMILES string of the molecule is NC(=O)CCN1CCC2C=CC=C21. The van der Waals surface area contributed by atoms with Gasteiger partial charge in [-0.05, 0) is 12.5 Å². The van der Waals surface area contributed by atoms with Crippen LogP contribution in [-0.4, -0.2) is 23.9 Å². The van der Waals surface area contributed by atoms with E-state index in [2.05, 4.69) is 23.1 Å². The Bertz CT molecular complexity index is 281. The van der Waals surface area contributed by atoms with Gasteiger partial charge in [0, 0.05) is 31.1 Å². The third kappa shape index (κ3) is 1.59. The number of fused-ring (bicyclic) bond motifs is 1. The Morgan fingerprint density at radius 3 is 3.31 bits per heavy atom. The van der Waals surface area contributed by atoms with Gasteiger partial charge in [0.15, 0.2) is 0 Å². The van der Waals surface area contributed by atoms with E-state index in [1.54, 1.807) is 0 Å². The number of carbonyl (C=O) groups excluding carboxylic acids is 1. The van der Waals surface area contributed by atoms with Gasteiger partial charge < -0.3 is 10.6 Å². The first-order chi connectivity index (χ1) is 6.27. The lowest BCUT2D eigenvalue weighted by Gasteiger charge is -2.18. The van der Waals surface area contributed by atoms with Crippen LogP contribution >= 0.6 is 0 Å². The Labute approximate surface area is 77.9 Å². The van der Waals surface area contributed by atoms with Gasteiger partial charge in [0.25, 0.3) is 0 Å². The molecule has 1 unspecified atom stereocenters. The zero-order valence-corrected chi connectivity index (χ0v) is 7.57. The molecule has 1 amide bonds. The molecule has 0 aromatic heterocycles. The highest BCUT2D eigenvalue weighted by Crippen LogP contribution is 2.32. The topological polar surface area (TPSA) is 46.3 Å². The fraction of sp³-hybridized carbons (Fsp3) is 0.500. The van der Waals surface area contributed by atoms with Crippen molar-refractivity contribution < 1.29 is 4.79 Å². The molecule has 2 rings (SSSR count). The largest absolute Gasteiger partial charge is 0.374 e.